The zero-order chi connectivity index (χ0) is 13.1. The lowest BCUT2D eigenvalue weighted by Crippen LogP contribution is -2.13. The van der Waals surface area contributed by atoms with Crippen LogP contribution in [0.5, 0.6) is 5.75 Å². The first kappa shape index (κ1) is 12.5. The van der Waals surface area contributed by atoms with Crippen molar-refractivity contribution in [1.29, 1.82) is 0 Å². The lowest BCUT2D eigenvalue weighted by atomic mass is 10.2. The van der Waals surface area contributed by atoms with E-state index < -0.39 is 11.7 Å². The second-order valence-corrected chi connectivity index (χ2v) is 4.39. The monoisotopic (exact) mass is 310 g/mol. The molecule has 2 aromatic rings. The zero-order valence-electron chi connectivity index (χ0n) is 9.02. The topological polar surface area (TPSA) is 62.2 Å². The average Bonchev–Trinajstić information content (AvgIpc) is 2.32. The largest absolute Gasteiger partial charge is 0.507 e. The van der Waals surface area contributed by atoms with Gasteiger partial charge in [-0.05, 0) is 24.3 Å². The Kier molecular flexibility index (Phi) is 3.57. The maximum absolute atomic E-state index is 13.3. The highest BCUT2D eigenvalue weighted by atomic mass is 79.9. The molecule has 0 atom stereocenters. The first-order chi connectivity index (χ1) is 8.58. The molecule has 4 nitrogen and oxygen atoms in total. The molecule has 1 heterocycles. The number of hydrogen-bond acceptors (Lipinski definition) is 3. The predicted octanol–water partition coefficient (Wildman–Crippen LogP) is 2.94. The number of halogens is 2. The van der Waals surface area contributed by atoms with Crippen LogP contribution < -0.4 is 5.32 Å². The Morgan fingerprint density at radius 1 is 1.39 bits per heavy atom. The molecule has 0 fully saturated rings. The van der Waals surface area contributed by atoms with Gasteiger partial charge in [-0.15, -0.1) is 0 Å². The summed E-state index contributed by atoms with van der Waals surface area (Å²) < 4.78 is 13.9. The summed E-state index contributed by atoms with van der Waals surface area (Å²) in [6, 6.07) is 5.77. The van der Waals surface area contributed by atoms with Crippen molar-refractivity contribution < 1.29 is 14.3 Å². The van der Waals surface area contributed by atoms with Crippen molar-refractivity contribution in [3.05, 3.63) is 52.5 Å². The predicted molar refractivity (Wildman–Crippen MR) is 68.0 cm³/mol. The number of aromatic nitrogens is 1. The summed E-state index contributed by atoms with van der Waals surface area (Å²) in [5.74, 6) is -1.41. The highest BCUT2D eigenvalue weighted by Gasteiger charge is 2.13. The maximum atomic E-state index is 13.3. The minimum atomic E-state index is -0.637. The number of amides is 1. The molecule has 6 heteroatoms. The Morgan fingerprint density at radius 3 is 2.83 bits per heavy atom. The van der Waals surface area contributed by atoms with Gasteiger partial charge in [0, 0.05) is 10.7 Å². The number of pyridine rings is 1. The Hall–Kier alpha value is -1.95. The number of anilines is 1. The van der Waals surface area contributed by atoms with Crippen LogP contribution in [0, 0.1) is 5.82 Å². The van der Waals surface area contributed by atoms with Crippen molar-refractivity contribution in [2.45, 2.75) is 0 Å². The Morgan fingerprint density at radius 2 is 2.17 bits per heavy atom. The molecule has 2 rings (SSSR count). The molecule has 0 saturated heterocycles. The number of nitrogens with zero attached hydrogens (tertiary/aromatic N) is 1. The van der Waals surface area contributed by atoms with Crippen LogP contribution in [0.3, 0.4) is 0 Å². The van der Waals surface area contributed by atoms with Gasteiger partial charge in [0.25, 0.3) is 5.91 Å². The SMILES string of the molecule is O=C(Nc1ccncc1F)c1ccc(Br)cc1O. The van der Waals surface area contributed by atoms with E-state index >= 15 is 0 Å². The number of nitrogens with one attached hydrogen (secondary N) is 1. The summed E-state index contributed by atoms with van der Waals surface area (Å²) in [6.07, 6.45) is 2.36. The Balaban J connectivity index is 2.25. The summed E-state index contributed by atoms with van der Waals surface area (Å²) in [5, 5.41) is 12.0. The first-order valence-corrected chi connectivity index (χ1v) is 5.76. The number of phenolic OH excluding ortho intramolecular Hbond substituents is 1. The standard InChI is InChI=1S/C12H8BrFN2O2/c13-7-1-2-8(11(17)5-7)12(18)16-10-3-4-15-6-9(10)14/h1-6,17H,(H,15,16,18). The van der Waals surface area contributed by atoms with Crippen LogP contribution in [0.4, 0.5) is 10.1 Å². The van der Waals surface area contributed by atoms with E-state index in [4.69, 9.17) is 0 Å². The molecular weight excluding hydrogens is 303 g/mol. The average molecular weight is 311 g/mol. The van der Waals surface area contributed by atoms with Gasteiger partial charge in [-0.25, -0.2) is 4.39 Å². The third-order valence-corrected chi connectivity index (χ3v) is 2.72. The van der Waals surface area contributed by atoms with E-state index in [1.54, 1.807) is 6.07 Å². The van der Waals surface area contributed by atoms with Crippen molar-refractivity contribution in [2.75, 3.05) is 5.32 Å². The summed E-state index contributed by atoms with van der Waals surface area (Å²) in [7, 11) is 0. The fourth-order valence-electron chi connectivity index (χ4n) is 1.36. The highest BCUT2D eigenvalue weighted by molar-refractivity contribution is 9.10. The molecule has 92 valence electrons. The van der Waals surface area contributed by atoms with Gasteiger partial charge >= 0.3 is 0 Å². The van der Waals surface area contributed by atoms with Gasteiger partial charge in [-0.3, -0.25) is 9.78 Å². The molecule has 18 heavy (non-hydrogen) atoms. The van der Waals surface area contributed by atoms with Crippen molar-refractivity contribution in [1.82, 2.24) is 4.98 Å². The number of carbonyl (C=O) groups is 1. The van der Waals surface area contributed by atoms with Crippen LogP contribution in [0.2, 0.25) is 0 Å². The third kappa shape index (κ3) is 2.65. The van der Waals surface area contributed by atoms with Crippen molar-refractivity contribution in [3.8, 4) is 5.75 Å². The number of aromatic hydroxyl groups is 1. The fourth-order valence-corrected chi connectivity index (χ4v) is 1.71. The molecule has 1 aromatic carbocycles. The van der Waals surface area contributed by atoms with Crippen LogP contribution in [0.15, 0.2) is 41.1 Å². The molecule has 0 radical (unpaired) electrons. The van der Waals surface area contributed by atoms with E-state index in [1.807, 2.05) is 0 Å². The normalized spacial score (nSPS) is 10.1. The van der Waals surface area contributed by atoms with Gasteiger partial charge in [0.2, 0.25) is 0 Å². The van der Waals surface area contributed by atoms with Gasteiger partial charge in [-0.2, -0.15) is 0 Å². The van der Waals surface area contributed by atoms with Crippen LogP contribution >= 0.6 is 15.9 Å². The van der Waals surface area contributed by atoms with Crippen LogP contribution in [0.1, 0.15) is 10.4 Å². The number of carbonyl (C=O) groups excluding carboxylic acids is 1. The first-order valence-electron chi connectivity index (χ1n) is 4.97. The van der Waals surface area contributed by atoms with Crippen molar-refractivity contribution in [2.24, 2.45) is 0 Å². The molecule has 0 saturated carbocycles. The van der Waals surface area contributed by atoms with E-state index in [2.05, 4.69) is 26.2 Å². The van der Waals surface area contributed by atoms with Gasteiger partial charge in [0.05, 0.1) is 17.4 Å². The van der Waals surface area contributed by atoms with Crippen LogP contribution in [0.25, 0.3) is 0 Å². The molecular formula is C12H8BrFN2O2. The summed E-state index contributed by atoms with van der Waals surface area (Å²) in [6.45, 7) is 0. The lowest BCUT2D eigenvalue weighted by Gasteiger charge is -2.07. The zero-order valence-corrected chi connectivity index (χ0v) is 10.6. The molecule has 0 unspecified atom stereocenters. The molecule has 0 bridgehead atoms. The molecule has 1 amide bonds. The Labute approximate surface area is 111 Å². The Bertz CT molecular complexity index is 604. The van der Waals surface area contributed by atoms with Gasteiger partial charge in [0.15, 0.2) is 5.82 Å². The molecule has 0 aliphatic carbocycles. The number of rotatable bonds is 2. The number of phenols is 1. The van der Waals surface area contributed by atoms with E-state index in [-0.39, 0.29) is 17.0 Å². The molecule has 1 aromatic heterocycles. The highest BCUT2D eigenvalue weighted by Crippen LogP contribution is 2.23. The molecule has 0 aliphatic heterocycles. The quantitative estimate of drug-likeness (QED) is 0.896. The van der Waals surface area contributed by atoms with Crippen molar-refractivity contribution >= 4 is 27.5 Å². The smallest absolute Gasteiger partial charge is 0.259 e. The number of benzene rings is 1. The van der Waals surface area contributed by atoms with Gasteiger partial charge in [0.1, 0.15) is 5.75 Å². The van der Waals surface area contributed by atoms with E-state index in [9.17, 15) is 14.3 Å². The van der Waals surface area contributed by atoms with Gasteiger partial charge < -0.3 is 10.4 Å². The molecule has 2 N–H and O–H groups in total. The van der Waals surface area contributed by atoms with E-state index in [1.165, 1.54) is 24.4 Å². The second-order valence-electron chi connectivity index (χ2n) is 3.47. The van der Waals surface area contributed by atoms with Crippen molar-refractivity contribution in [3.63, 3.8) is 0 Å². The molecule has 0 spiro atoms. The van der Waals surface area contributed by atoms with Crippen LogP contribution in [-0.2, 0) is 0 Å². The van der Waals surface area contributed by atoms with E-state index in [0.717, 1.165) is 6.20 Å². The van der Waals surface area contributed by atoms with Crippen LogP contribution in [-0.4, -0.2) is 16.0 Å². The van der Waals surface area contributed by atoms with Gasteiger partial charge in [-0.1, -0.05) is 15.9 Å². The maximum Gasteiger partial charge on any atom is 0.259 e. The molecule has 0 aliphatic rings. The fraction of sp³-hybridized carbons (Fsp3) is 0. The second kappa shape index (κ2) is 5.14. The third-order valence-electron chi connectivity index (χ3n) is 2.23. The summed E-state index contributed by atoms with van der Waals surface area (Å²) in [4.78, 5) is 15.4. The summed E-state index contributed by atoms with van der Waals surface area (Å²) in [5.41, 5.74) is 0.0757. The minimum Gasteiger partial charge on any atom is -0.507 e. The summed E-state index contributed by atoms with van der Waals surface area (Å²) >= 11 is 3.16. The minimum absolute atomic E-state index is 0.0114. The number of hydrogen-bond donors (Lipinski definition) is 2. The van der Waals surface area contributed by atoms with E-state index in [0.29, 0.717) is 4.47 Å². The lowest BCUT2D eigenvalue weighted by molar-refractivity contribution is 0.102.